The molecule has 178 valence electrons. The molecule has 0 bridgehead atoms. The molecule has 0 aliphatic carbocycles. The lowest BCUT2D eigenvalue weighted by atomic mass is 9.86. The fourth-order valence-corrected chi connectivity index (χ4v) is 4.92. The Bertz CT molecular complexity index is 1980. The topological polar surface area (TPSA) is 98.5 Å². The molecular formula is C30H23N7. The molecule has 0 fully saturated rings. The van der Waals surface area contributed by atoms with Crippen LogP contribution >= 0.6 is 0 Å². The molecule has 0 atom stereocenters. The van der Waals surface area contributed by atoms with Crippen molar-refractivity contribution in [2.75, 3.05) is 0 Å². The van der Waals surface area contributed by atoms with Crippen LogP contribution in [0.4, 0.5) is 0 Å². The number of benzene rings is 3. The lowest BCUT2D eigenvalue weighted by molar-refractivity contribution is 0.686. The largest absolute Gasteiger partial charge is 0.361 e. The molecular weight excluding hydrogens is 458 g/mol. The Morgan fingerprint density at radius 3 is 2.46 bits per heavy atom. The van der Waals surface area contributed by atoms with Crippen molar-refractivity contribution < 1.29 is 0 Å². The zero-order valence-corrected chi connectivity index (χ0v) is 20.7. The first-order valence-electron chi connectivity index (χ1n) is 11.9. The van der Waals surface area contributed by atoms with Crippen molar-refractivity contribution in [3.63, 3.8) is 0 Å². The highest BCUT2D eigenvalue weighted by molar-refractivity contribution is 6.05. The Hall–Kier alpha value is -5.14. The van der Waals surface area contributed by atoms with Crippen LogP contribution in [0.5, 0.6) is 0 Å². The first-order chi connectivity index (χ1) is 17.9. The van der Waals surface area contributed by atoms with Crippen molar-refractivity contribution in [1.29, 1.82) is 10.5 Å². The van der Waals surface area contributed by atoms with Crippen LogP contribution < -0.4 is 5.62 Å². The predicted molar refractivity (Wildman–Crippen MR) is 145 cm³/mol. The Labute approximate surface area is 213 Å². The van der Waals surface area contributed by atoms with Gasteiger partial charge in [0.1, 0.15) is 0 Å². The highest BCUT2D eigenvalue weighted by Gasteiger charge is 2.21. The second kappa shape index (κ2) is 8.22. The Morgan fingerprint density at radius 1 is 0.946 bits per heavy atom. The lowest BCUT2D eigenvalue weighted by Crippen LogP contribution is -2.23. The average Bonchev–Trinajstić information content (AvgIpc) is 3.51. The number of rotatable bonds is 3. The lowest BCUT2D eigenvalue weighted by Gasteiger charge is -2.16. The van der Waals surface area contributed by atoms with Gasteiger partial charge in [0.05, 0.1) is 34.2 Å². The van der Waals surface area contributed by atoms with Gasteiger partial charge < -0.3 is 9.55 Å². The van der Waals surface area contributed by atoms with E-state index in [2.05, 4.69) is 52.4 Å². The van der Waals surface area contributed by atoms with Gasteiger partial charge in [0.25, 0.3) is 0 Å². The number of imidazole rings is 1. The van der Waals surface area contributed by atoms with Gasteiger partial charge in [-0.2, -0.15) is 10.5 Å². The van der Waals surface area contributed by atoms with Gasteiger partial charge in [-0.05, 0) is 72.3 Å². The van der Waals surface area contributed by atoms with Gasteiger partial charge in [-0.1, -0.05) is 30.3 Å². The van der Waals surface area contributed by atoms with Crippen LogP contribution in [0.2, 0.25) is 0 Å². The molecule has 0 aliphatic rings. The van der Waals surface area contributed by atoms with E-state index in [0.717, 1.165) is 49.8 Å². The van der Waals surface area contributed by atoms with Gasteiger partial charge in [-0.25, -0.2) is 0 Å². The molecule has 0 amide bonds. The SMILES string of the molecule is Cn1/c(=N/C#N)n(-c2ccc(C(C)(C)C#N)cc2)c2c3cc(-c4ccc5cc[nH]c5c4)ccc3ncc21. The minimum Gasteiger partial charge on any atom is -0.361 e. The first kappa shape index (κ1) is 22.3. The molecule has 3 aromatic heterocycles. The summed E-state index contributed by atoms with van der Waals surface area (Å²) in [6, 6.07) is 24.9. The molecule has 7 nitrogen and oxygen atoms in total. The molecule has 0 unspecified atom stereocenters. The third kappa shape index (κ3) is 3.49. The molecule has 0 radical (unpaired) electrons. The van der Waals surface area contributed by atoms with E-state index in [1.165, 1.54) is 5.39 Å². The molecule has 1 N–H and O–H groups in total. The number of aryl methyl sites for hydroxylation is 1. The Balaban J connectivity index is 1.65. The number of aromatic nitrogens is 4. The Kier molecular flexibility index (Phi) is 4.96. The highest BCUT2D eigenvalue weighted by atomic mass is 15.2. The smallest absolute Gasteiger partial charge is 0.226 e. The maximum atomic E-state index is 9.56. The summed E-state index contributed by atoms with van der Waals surface area (Å²) in [5.74, 6) is 0. The quantitative estimate of drug-likeness (QED) is 0.321. The summed E-state index contributed by atoms with van der Waals surface area (Å²) in [5.41, 5.74) is 7.54. The second-order valence-corrected chi connectivity index (χ2v) is 9.69. The van der Waals surface area contributed by atoms with Crippen LogP contribution in [-0.4, -0.2) is 19.1 Å². The summed E-state index contributed by atoms with van der Waals surface area (Å²) in [4.78, 5) is 12.2. The molecule has 0 saturated carbocycles. The van der Waals surface area contributed by atoms with Crippen molar-refractivity contribution in [1.82, 2.24) is 19.1 Å². The summed E-state index contributed by atoms with van der Waals surface area (Å²) in [5, 5.41) is 21.2. The first-order valence-corrected chi connectivity index (χ1v) is 11.9. The molecule has 6 rings (SSSR count). The van der Waals surface area contributed by atoms with E-state index in [4.69, 9.17) is 4.98 Å². The zero-order chi connectivity index (χ0) is 25.7. The summed E-state index contributed by atoms with van der Waals surface area (Å²) < 4.78 is 3.87. The van der Waals surface area contributed by atoms with Crippen molar-refractivity contribution in [2.24, 2.45) is 12.0 Å². The summed E-state index contributed by atoms with van der Waals surface area (Å²) in [6.45, 7) is 3.80. The standard InChI is InChI=1S/C30H23N7/c1-30(2,17-31)22-7-9-23(10-8-22)37-28-24-14-20(21-5-4-19-12-13-33-26(19)15-21)6-11-25(24)34-16-27(28)36(3)29(37)35-18-32/h4-16,33H,1-3H3/b35-29-. The molecule has 3 heterocycles. The molecule has 0 saturated heterocycles. The van der Waals surface area contributed by atoms with Crippen LogP contribution in [0.1, 0.15) is 19.4 Å². The fraction of sp³-hybridized carbons (Fsp3) is 0.133. The second-order valence-electron chi connectivity index (χ2n) is 9.69. The molecule has 6 aromatic rings. The number of fused-ring (bicyclic) bond motifs is 4. The summed E-state index contributed by atoms with van der Waals surface area (Å²) in [6.07, 6.45) is 5.72. The van der Waals surface area contributed by atoms with E-state index in [-0.39, 0.29) is 0 Å². The molecule has 37 heavy (non-hydrogen) atoms. The van der Waals surface area contributed by atoms with E-state index in [1.54, 1.807) is 0 Å². The average molecular weight is 482 g/mol. The Morgan fingerprint density at radius 2 is 1.70 bits per heavy atom. The van der Waals surface area contributed by atoms with Gasteiger partial charge in [0, 0.05) is 29.8 Å². The van der Waals surface area contributed by atoms with E-state index < -0.39 is 5.41 Å². The molecule has 0 spiro atoms. The number of aromatic amines is 1. The van der Waals surface area contributed by atoms with Crippen LogP contribution in [0.15, 0.2) is 84.1 Å². The minimum atomic E-state index is -0.604. The zero-order valence-electron chi connectivity index (χ0n) is 20.7. The van der Waals surface area contributed by atoms with Gasteiger partial charge in [0.15, 0.2) is 0 Å². The van der Waals surface area contributed by atoms with Crippen LogP contribution in [0.3, 0.4) is 0 Å². The number of pyridine rings is 1. The van der Waals surface area contributed by atoms with Crippen LogP contribution in [0.25, 0.3) is 49.7 Å². The number of nitriles is 2. The normalized spacial score (nSPS) is 12.3. The van der Waals surface area contributed by atoms with Gasteiger partial charge >= 0.3 is 0 Å². The number of hydrogen-bond donors (Lipinski definition) is 1. The molecule has 0 aliphatic heterocycles. The third-order valence-electron chi connectivity index (χ3n) is 7.07. The summed E-state index contributed by atoms with van der Waals surface area (Å²) in [7, 11) is 1.89. The van der Waals surface area contributed by atoms with E-state index >= 15 is 0 Å². The van der Waals surface area contributed by atoms with Crippen LogP contribution in [-0.2, 0) is 12.5 Å². The van der Waals surface area contributed by atoms with Crippen molar-refractivity contribution in [3.8, 4) is 29.1 Å². The maximum Gasteiger partial charge on any atom is 0.226 e. The molecule has 3 aromatic carbocycles. The minimum absolute atomic E-state index is 0.498. The fourth-order valence-electron chi connectivity index (χ4n) is 4.92. The van der Waals surface area contributed by atoms with Crippen molar-refractivity contribution in [3.05, 3.63) is 90.3 Å². The maximum absolute atomic E-state index is 9.56. The van der Waals surface area contributed by atoms with Crippen molar-refractivity contribution in [2.45, 2.75) is 19.3 Å². The highest BCUT2D eigenvalue weighted by Crippen LogP contribution is 2.31. The van der Waals surface area contributed by atoms with Crippen LogP contribution in [0, 0.1) is 22.8 Å². The summed E-state index contributed by atoms with van der Waals surface area (Å²) >= 11 is 0. The van der Waals surface area contributed by atoms with Crippen molar-refractivity contribution >= 4 is 32.8 Å². The number of hydrogen-bond acceptors (Lipinski definition) is 4. The van der Waals surface area contributed by atoms with E-state index in [9.17, 15) is 10.5 Å². The number of H-pyrrole nitrogens is 1. The van der Waals surface area contributed by atoms with E-state index in [1.807, 2.05) is 78.9 Å². The molecule has 7 heteroatoms. The van der Waals surface area contributed by atoms with Gasteiger partial charge in [0.2, 0.25) is 11.8 Å². The monoisotopic (exact) mass is 481 g/mol. The van der Waals surface area contributed by atoms with E-state index in [0.29, 0.717) is 5.62 Å². The predicted octanol–water partition coefficient (Wildman–Crippen LogP) is 5.85. The number of nitrogens with one attached hydrogen (secondary N) is 1. The third-order valence-corrected chi connectivity index (χ3v) is 7.07. The number of nitrogens with zero attached hydrogens (tertiary/aromatic N) is 6. The van der Waals surface area contributed by atoms with Gasteiger partial charge in [-0.3, -0.25) is 9.55 Å². The van der Waals surface area contributed by atoms with Gasteiger partial charge in [-0.15, -0.1) is 4.99 Å².